The molecule has 0 aliphatic rings. The first-order valence-electron chi connectivity index (χ1n) is 4.27. The van der Waals surface area contributed by atoms with Crippen molar-refractivity contribution in [2.45, 2.75) is 6.04 Å². The second-order valence-electron chi connectivity index (χ2n) is 3.27. The van der Waals surface area contributed by atoms with E-state index in [2.05, 4.69) is 4.90 Å². The third-order valence-electron chi connectivity index (χ3n) is 2.08. The smallest absolute Gasteiger partial charge is 0.0465 e. The molecule has 0 aliphatic carbocycles. The Morgan fingerprint density at radius 2 is 2.15 bits per heavy atom. The molecule has 13 heavy (non-hydrogen) atoms. The zero-order chi connectivity index (χ0) is 9.84. The Morgan fingerprint density at radius 3 is 2.62 bits per heavy atom. The van der Waals surface area contributed by atoms with Crippen LogP contribution in [-0.2, 0) is 0 Å². The maximum Gasteiger partial charge on any atom is 0.0465 e. The van der Waals surface area contributed by atoms with Crippen LogP contribution in [0, 0.1) is 0 Å². The molecule has 1 atom stereocenters. The molecule has 1 aromatic carbocycles. The number of hydrogen-bond donors (Lipinski definition) is 1. The van der Waals surface area contributed by atoms with Gasteiger partial charge in [-0.15, -0.1) is 0 Å². The Bertz CT molecular complexity index is 273. The highest BCUT2D eigenvalue weighted by molar-refractivity contribution is 6.30. The first kappa shape index (κ1) is 10.5. The van der Waals surface area contributed by atoms with Crippen molar-refractivity contribution in [3.8, 4) is 0 Å². The predicted molar refractivity (Wildman–Crippen MR) is 56.9 cm³/mol. The van der Waals surface area contributed by atoms with Crippen LogP contribution < -0.4 is 5.73 Å². The van der Waals surface area contributed by atoms with E-state index < -0.39 is 0 Å². The Balaban J connectivity index is 2.91. The Kier molecular flexibility index (Phi) is 3.72. The van der Waals surface area contributed by atoms with Crippen molar-refractivity contribution in [3.05, 3.63) is 34.9 Å². The van der Waals surface area contributed by atoms with E-state index in [0.29, 0.717) is 6.54 Å². The largest absolute Gasteiger partial charge is 0.329 e. The SMILES string of the molecule is CN(C)[C@@H](CN)c1cccc(Cl)c1. The van der Waals surface area contributed by atoms with Crippen molar-refractivity contribution in [1.82, 2.24) is 4.90 Å². The van der Waals surface area contributed by atoms with Crippen molar-refractivity contribution in [2.75, 3.05) is 20.6 Å². The summed E-state index contributed by atoms with van der Waals surface area (Å²) in [6.45, 7) is 0.605. The first-order valence-corrected chi connectivity index (χ1v) is 4.65. The molecule has 0 heterocycles. The van der Waals surface area contributed by atoms with Crippen LogP contribution in [0.15, 0.2) is 24.3 Å². The summed E-state index contributed by atoms with van der Waals surface area (Å²) in [7, 11) is 4.02. The minimum absolute atomic E-state index is 0.249. The lowest BCUT2D eigenvalue weighted by Gasteiger charge is -2.23. The van der Waals surface area contributed by atoms with Crippen LogP contribution in [0.25, 0.3) is 0 Å². The fourth-order valence-electron chi connectivity index (χ4n) is 1.36. The molecule has 0 fully saturated rings. The van der Waals surface area contributed by atoms with Crippen LogP contribution in [0.4, 0.5) is 0 Å². The van der Waals surface area contributed by atoms with E-state index in [-0.39, 0.29) is 6.04 Å². The van der Waals surface area contributed by atoms with Gasteiger partial charge in [-0.2, -0.15) is 0 Å². The summed E-state index contributed by atoms with van der Waals surface area (Å²) in [6.07, 6.45) is 0. The summed E-state index contributed by atoms with van der Waals surface area (Å²) in [5, 5.41) is 0.762. The quantitative estimate of drug-likeness (QED) is 0.804. The van der Waals surface area contributed by atoms with Gasteiger partial charge < -0.3 is 10.6 Å². The monoisotopic (exact) mass is 198 g/mol. The fraction of sp³-hybridized carbons (Fsp3) is 0.400. The average molecular weight is 199 g/mol. The topological polar surface area (TPSA) is 29.3 Å². The molecule has 0 saturated carbocycles. The third-order valence-corrected chi connectivity index (χ3v) is 2.32. The summed E-state index contributed by atoms with van der Waals surface area (Å²) < 4.78 is 0. The van der Waals surface area contributed by atoms with Gasteiger partial charge in [0.25, 0.3) is 0 Å². The van der Waals surface area contributed by atoms with Crippen LogP contribution in [0.3, 0.4) is 0 Å². The van der Waals surface area contributed by atoms with Crippen LogP contribution in [0.1, 0.15) is 11.6 Å². The number of rotatable bonds is 3. The Labute approximate surface area is 84.3 Å². The summed E-state index contributed by atoms with van der Waals surface area (Å²) in [6, 6.07) is 8.07. The molecule has 72 valence electrons. The van der Waals surface area contributed by atoms with Gasteiger partial charge in [0, 0.05) is 17.6 Å². The summed E-state index contributed by atoms with van der Waals surface area (Å²) in [5.74, 6) is 0. The highest BCUT2D eigenvalue weighted by atomic mass is 35.5. The van der Waals surface area contributed by atoms with Crippen molar-refractivity contribution >= 4 is 11.6 Å². The van der Waals surface area contributed by atoms with Crippen molar-refractivity contribution in [1.29, 1.82) is 0 Å². The van der Waals surface area contributed by atoms with Gasteiger partial charge >= 0.3 is 0 Å². The van der Waals surface area contributed by atoms with Crippen molar-refractivity contribution < 1.29 is 0 Å². The molecule has 0 aromatic heterocycles. The molecule has 0 radical (unpaired) electrons. The van der Waals surface area contributed by atoms with Gasteiger partial charge in [-0.05, 0) is 31.8 Å². The summed E-state index contributed by atoms with van der Waals surface area (Å²) >= 11 is 5.89. The highest BCUT2D eigenvalue weighted by Gasteiger charge is 2.11. The number of benzene rings is 1. The van der Waals surface area contributed by atoms with Crippen LogP contribution in [-0.4, -0.2) is 25.5 Å². The van der Waals surface area contributed by atoms with E-state index in [1.54, 1.807) is 0 Å². The Hall–Kier alpha value is -0.570. The van der Waals surface area contributed by atoms with Gasteiger partial charge in [0.15, 0.2) is 0 Å². The van der Waals surface area contributed by atoms with Gasteiger partial charge in [0.2, 0.25) is 0 Å². The first-order chi connectivity index (χ1) is 6.15. The molecule has 1 rings (SSSR count). The number of nitrogens with two attached hydrogens (primary N) is 1. The molecule has 0 bridgehead atoms. The molecule has 2 nitrogen and oxygen atoms in total. The van der Waals surface area contributed by atoms with Crippen molar-refractivity contribution in [3.63, 3.8) is 0 Å². The number of hydrogen-bond acceptors (Lipinski definition) is 2. The molecule has 0 spiro atoms. The van der Waals surface area contributed by atoms with Gasteiger partial charge in [-0.3, -0.25) is 0 Å². The summed E-state index contributed by atoms with van der Waals surface area (Å²) in [4.78, 5) is 2.09. The van der Waals surface area contributed by atoms with Gasteiger partial charge in [0.1, 0.15) is 0 Å². The number of likely N-dealkylation sites (N-methyl/N-ethyl adjacent to an activating group) is 1. The van der Waals surface area contributed by atoms with E-state index >= 15 is 0 Å². The zero-order valence-electron chi connectivity index (χ0n) is 8.00. The van der Waals surface area contributed by atoms with E-state index in [1.165, 1.54) is 5.56 Å². The molecule has 3 heteroatoms. The third kappa shape index (κ3) is 2.69. The molecule has 0 saturated heterocycles. The van der Waals surface area contributed by atoms with Crippen LogP contribution in [0.2, 0.25) is 5.02 Å². The lowest BCUT2D eigenvalue weighted by Crippen LogP contribution is -2.27. The van der Waals surface area contributed by atoms with Crippen LogP contribution in [0.5, 0.6) is 0 Å². The highest BCUT2D eigenvalue weighted by Crippen LogP contribution is 2.20. The minimum atomic E-state index is 0.249. The van der Waals surface area contributed by atoms with Crippen LogP contribution >= 0.6 is 11.6 Å². The zero-order valence-corrected chi connectivity index (χ0v) is 8.75. The van der Waals surface area contributed by atoms with E-state index in [1.807, 2.05) is 38.4 Å². The lowest BCUT2D eigenvalue weighted by molar-refractivity contribution is 0.306. The molecule has 0 aliphatic heterocycles. The maximum atomic E-state index is 5.89. The molecule has 0 unspecified atom stereocenters. The van der Waals surface area contributed by atoms with Gasteiger partial charge in [-0.25, -0.2) is 0 Å². The molecule has 1 aromatic rings. The molecular weight excluding hydrogens is 184 g/mol. The van der Waals surface area contributed by atoms with E-state index in [4.69, 9.17) is 17.3 Å². The number of nitrogens with zero attached hydrogens (tertiary/aromatic N) is 1. The lowest BCUT2D eigenvalue weighted by atomic mass is 10.1. The molecule has 2 N–H and O–H groups in total. The Morgan fingerprint density at radius 1 is 1.46 bits per heavy atom. The molecular formula is C10H15ClN2. The van der Waals surface area contributed by atoms with Gasteiger partial charge in [-0.1, -0.05) is 23.7 Å². The van der Waals surface area contributed by atoms with E-state index in [9.17, 15) is 0 Å². The number of halogens is 1. The normalized spacial score (nSPS) is 13.3. The van der Waals surface area contributed by atoms with Gasteiger partial charge in [0.05, 0.1) is 0 Å². The minimum Gasteiger partial charge on any atom is -0.329 e. The summed E-state index contributed by atoms with van der Waals surface area (Å²) in [5.41, 5.74) is 6.84. The second-order valence-corrected chi connectivity index (χ2v) is 3.71. The van der Waals surface area contributed by atoms with E-state index in [0.717, 1.165) is 5.02 Å². The second kappa shape index (κ2) is 4.61. The average Bonchev–Trinajstić information content (AvgIpc) is 2.04. The standard InChI is InChI=1S/C10H15ClN2/c1-13(2)10(7-12)8-4-3-5-9(11)6-8/h3-6,10H,7,12H2,1-2H3/t10-/m0/s1. The van der Waals surface area contributed by atoms with Crippen molar-refractivity contribution in [2.24, 2.45) is 5.73 Å². The molecule has 0 amide bonds. The predicted octanol–water partition coefficient (Wildman–Crippen LogP) is 1.90. The fourth-order valence-corrected chi connectivity index (χ4v) is 1.56. The maximum absolute atomic E-state index is 5.89.